The lowest BCUT2D eigenvalue weighted by Gasteiger charge is -2.15. The minimum Gasteiger partial charge on any atom is -0.316 e. The number of imidazole rings is 1. The first-order valence-electron chi connectivity index (χ1n) is 9.41. The van der Waals surface area contributed by atoms with Gasteiger partial charge >= 0.3 is 0 Å². The Hall–Kier alpha value is -2.71. The van der Waals surface area contributed by atoms with Gasteiger partial charge in [-0.2, -0.15) is 0 Å². The molecular weight excluding hydrogens is 386 g/mol. The van der Waals surface area contributed by atoms with Gasteiger partial charge in [-0.3, -0.25) is 15.1 Å². The third-order valence-electron chi connectivity index (χ3n) is 4.32. The second-order valence-corrected chi connectivity index (χ2v) is 8.44. The number of benzene rings is 1. The summed E-state index contributed by atoms with van der Waals surface area (Å²) in [5.41, 5.74) is 2.03. The predicted octanol–water partition coefficient (Wildman–Crippen LogP) is 4.57. The van der Waals surface area contributed by atoms with Gasteiger partial charge in [-0.25, -0.2) is 4.98 Å². The van der Waals surface area contributed by atoms with Gasteiger partial charge in [-0.15, -0.1) is 0 Å². The molecule has 0 unspecified atom stereocenters. The number of rotatable bonds is 8. The van der Waals surface area contributed by atoms with Gasteiger partial charge in [-0.05, 0) is 38.2 Å². The van der Waals surface area contributed by atoms with E-state index in [2.05, 4.69) is 28.3 Å². The standard InChI is InChI=1S/C21H25N5O2S/c1-15(2)20-21(29-18-10-7-9-17(12-18)26(27)28)25(19(23-20)14-24(3)4)13-16-8-5-6-11-22-16/h5-12,15H,13-14H2,1-4H3. The molecule has 0 radical (unpaired) electrons. The molecule has 0 N–H and O–H groups in total. The van der Waals surface area contributed by atoms with Crippen LogP contribution in [0.15, 0.2) is 58.6 Å². The smallest absolute Gasteiger partial charge is 0.270 e. The van der Waals surface area contributed by atoms with Crippen molar-refractivity contribution in [3.8, 4) is 0 Å². The minimum atomic E-state index is -0.365. The topological polar surface area (TPSA) is 77.1 Å². The molecule has 7 nitrogen and oxygen atoms in total. The van der Waals surface area contributed by atoms with Crippen molar-refractivity contribution in [1.82, 2.24) is 19.4 Å². The fourth-order valence-corrected chi connectivity index (χ4v) is 4.19. The van der Waals surface area contributed by atoms with Crippen LogP contribution in [0.1, 0.15) is 37.0 Å². The molecule has 8 heteroatoms. The Morgan fingerprint density at radius 2 is 2.00 bits per heavy atom. The van der Waals surface area contributed by atoms with Gasteiger partial charge in [0.1, 0.15) is 10.9 Å². The summed E-state index contributed by atoms with van der Waals surface area (Å²) in [4.78, 5) is 23.1. The monoisotopic (exact) mass is 411 g/mol. The van der Waals surface area contributed by atoms with Crippen molar-refractivity contribution in [2.75, 3.05) is 14.1 Å². The SMILES string of the molecule is CC(C)c1nc(CN(C)C)n(Cc2ccccn2)c1Sc1cccc([N+](=O)[O-])c1. The van der Waals surface area contributed by atoms with Gasteiger partial charge in [0.2, 0.25) is 0 Å². The summed E-state index contributed by atoms with van der Waals surface area (Å²) in [7, 11) is 4.03. The molecule has 0 spiro atoms. The van der Waals surface area contributed by atoms with Crippen LogP contribution in [0.4, 0.5) is 5.69 Å². The second kappa shape index (κ2) is 9.19. The molecule has 29 heavy (non-hydrogen) atoms. The van der Waals surface area contributed by atoms with Crippen LogP contribution in [0.25, 0.3) is 0 Å². The van der Waals surface area contributed by atoms with E-state index in [0.29, 0.717) is 13.1 Å². The van der Waals surface area contributed by atoms with Gasteiger partial charge in [0, 0.05) is 23.2 Å². The fraction of sp³-hybridized carbons (Fsp3) is 0.333. The molecular formula is C21H25N5O2S. The van der Waals surface area contributed by atoms with E-state index in [1.54, 1.807) is 18.3 Å². The van der Waals surface area contributed by atoms with Crippen molar-refractivity contribution in [1.29, 1.82) is 0 Å². The highest BCUT2D eigenvalue weighted by Crippen LogP contribution is 2.36. The Labute approximate surface area is 174 Å². The molecule has 0 aliphatic carbocycles. The van der Waals surface area contributed by atoms with Gasteiger partial charge < -0.3 is 9.47 Å². The predicted molar refractivity (Wildman–Crippen MR) is 114 cm³/mol. The quantitative estimate of drug-likeness (QED) is 0.399. The lowest BCUT2D eigenvalue weighted by atomic mass is 10.1. The van der Waals surface area contributed by atoms with Crippen LogP contribution in [-0.4, -0.2) is 38.5 Å². The Balaban J connectivity index is 2.08. The number of pyridine rings is 1. The molecule has 3 rings (SSSR count). The first-order chi connectivity index (χ1) is 13.8. The van der Waals surface area contributed by atoms with Gasteiger partial charge in [0.05, 0.1) is 29.4 Å². The molecule has 0 atom stereocenters. The van der Waals surface area contributed by atoms with E-state index < -0.39 is 0 Å². The van der Waals surface area contributed by atoms with Gasteiger partial charge in [0.15, 0.2) is 0 Å². The molecule has 152 valence electrons. The summed E-state index contributed by atoms with van der Waals surface area (Å²) >= 11 is 1.52. The van der Waals surface area contributed by atoms with Crippen LogP contribution in [0.5, 0.6) is 0 Å². The maximum absolute atomic E-state index is 11.2. The maximum atomic E-state index is 11.2. The summed E-state index contributed by atoms with van der Waals surface area (Å²) in [5, 5.41) is 12.2. The number of hydrogen-bond acceptors (Lipinski definition) is 6. The van der Waals surface area contributed by atoms with Crippen molar-refractivity contribution in [3.63, 3.8) is 0 Å². The average molecular weight is 412 g/mol. The number of non-ortho nitro benzene ring substituents is 1. The van der Waals surface area contributed by atoms with Crippen molar-refractivity contribution < 1.29 is 4.92 Å². The van der Waals surface area contributed by atoms with Crippen LogP contribution in [-0.2, 0) is 13.1 Å². The number of aromatic nitrogens is 3. The molecule has 0 saturated carbocycles. The lowest BCUT2D eigenvalue weighted by Crippen LogP contribution is -2.16. The molecule has 2 heterocycles. The zero-order chi connectivity index (χ0) is 21.0. The average Bonchev–Trinajstić information content (AvgIpc) is 2.99. The van der Waals surface area contributed by atoms with Crippen LogP contribution in [0.2, 0.25) is 0 Å². The number of nitro benzene ring substituents is 1. The van der Waals surface area contributed by atoms with E-state index in [1.807, 2.05) is 38.4 Å². The summed E-state index contributed by atoms with van der Waals surface area (Å²) in [6, 6.07) is 12.6. The molecule has 0 aliphatic rings. The molecule has 0 aliphatic heterocycles. The zero-order valence-corrected chi connectivity index (χ0v) is 17.9. The molecule has 2 aromatic heterocycles. The Bertz CT molecular complexity index is 986. The Kier molecular flexibility index (Phi) is 6.66. The number of hydrogen-bond donors (Lipinski definition) is 0. The molecule has 0 amide bonds. The van der Waals surface area contributed by atoms with Crippen molar-refractivity contribution in [2.45, 2.75) is 42.8 Å². The zero-order valence-electron chi connectivity index (χ0n) is 17.1. The van der Waals surface area contributed by atoms with Crippen molar-refractivity contribution in [3.05, 3.63) is 76.0 Å². The van der Waals surface area contributed by atoms with E-state index in [4.69, 9.17) is 4.98 Å². The Morgan fingerprint density at radius 3 is 2.62 bits per heavy atom. The number of nitrogens with zero attached hydrogens (tertiary/aromatic N) is 5. The summed E-state index contributed by atoms with van der Waals surface area (Å²) in [6.45, 7) is 5.53. The molecule has 0 bridgehead atoms. The third kappa shape index (κ3) is 5.21. The van der Waals surface area contributed by atoms with E-state index in [1.165, 1.54) is 17.8 Å². The van der Waals surface area contributed by atoms with Crippen molar-refractivity contribution in [2.24, 2.45) is 0 Å². The Morgan fingerprint density at radius 1 is 1.21 bits per heavy atom. The highest BCUT2D eigenvalue weighted by atomic mass is 32.2. The number of nitro groups is 1. The highest BCUT2D eigenvalue weighted by molar-refractivity contribution is 7.99. The van der Waals surface area contributed by atoms with Crippen LogP contribution >= 0.6 is 11.8 Å². The summed E-state index contributed by atoms with van der Waals surface area (Å²) in [5.74, 6) is 1.18. The fourth-order valence-electron chi connectivity index (χ4n) is 2.98. The van der Waals surface area contributed by atoms with Crippen LogP contribution in [0, 0.1) is 10.1 Å². The lowest BCUT2D eigenvalue weighted by molar-refractivity contribution is -0.385. The molecule has 0 saturated heterocycles. The third-order valence-corrected chi connectivity index (χ3v) is 5.43. The molecule has 3 aromatic rings. The van der Waals surface area contributed by atoms with Crippen LogP contribution in [0.3, 0.4) is 0 Å². The first kappa shape index (κ1) is 21.0. The molecule has 0 fully saturated rings. The van der Waals surface area contributed by atoms with Crippen molar-refractivity contribution >= 4 is 17.4 Å². The summed E-state index contributed by atoms with van der Waals surface area (Å²) < 4.78 is 2.18. The van der Waals surface area contributed by atoms with Gasteiger partial charge in [-0.1, -0.05) is 37.7 Å². The van der Waals surface area contributed by atoms with Crippen LogP contribution < -0.4 is 0 Å². The second-order valence-electron chi connectivity index (χ2n) is 7.37. The van der Waals surface area contributed by atoms with E-state index in [-0.39, 0.29) is 16.5 Å². The normalized spacial score (nSPS) is 11.4. The largest absolute Gasteiger partial charge is 0.316 e. The van der Waals surface area contributed by atoms with E-state index in [9.17, 15) is 10.1 Å². The maximum Gasteiger partial charge on any atom is 0.270 e. The van der Waals surface area contributed by atoms with Gasteiger partial charge in [0.25, 0.3) is 5.69 Å². The minimum absolute atomic E-state index is 0.0883. The van der Waals surface area contributed by atoms with E-state index >= 15 is 0 Å². The van der Waals surface area contributed by atoms with E-state index in [0.717, 1.165) is 27.1 Å². The molecule has 1 aromatic carbocycles. The first-order valence-corrected chi connectivity index (χ1v) is 10.2. The summed E-state index contributed by atoms with van der Waals surface area (Å²) in [6.07, 6.45) is 1.79. The highest BCUT2D eigenvalue weighted by Gasteiger charge is 2.22.